The molecule has 0 atom stereocenters. The lowest BCUT2D eigenvalue weighted by atomic mass is 9.33. The van der Waals surface area contributed by atoms with Crippen molar-refractivity contribution >= 4 is 95.3 Å². The average molecular weight is 808 g/mol. The van der Waals surface area contributed by atoms with E-state index in [1.165, 1.54) is 111 Å². The maximum atomic E-state index is 2.65. The Labute approximate surface area is 368 Å². The van der Waals surface area contributed by atoms with Crippen LogP contribution in [0.5, 0.6) is 0 Å². The third-order valence-corrected chi connectivity index (χ3v) is 14.1. The van der Waals surface area contributed by atoms with Gasteiger partial charge in [-0.25, -0.2) is 0 Å². The third-order valence-electron chi connectivity index (χ3n) is 14.1. The minimum atomic E-state index is -0.108. The monoisotopic (exact) mass is 807 g/mol. The molecule has 0 aliphatic carbocycles. The molecule has 2 aliphatic rings. The molecule has 0 saturated carbocycles. The molecule has 62 heavy (non-hydrogen) atoms. The van der Waals surface area contributed by atoms with Crippen molar-refractivity contribution in [3.8, 4) is 0 Å². The molecule has 2 aromatic heterocycles. The van der Waals surface area contributed by atoms with Crippen LogP contribution in [-0.4, -0.2) is 11.1 Å². The van der Waals surface area contributed by atoms with E-state index in [1.54, 1.807) is 0 Å². The standard InChI is InChI=1S/C58H58BN3/c1-55(2,3)35-20-25-39(26-21-35)60-47-30-24-37(57(7,8)9)32-45(47)59-44-29-31-48-51(43-18-15-17-42-41-16-13-14-19-46(41)62(48)53(42)43)54(44)61(40-27-22-36(23-28-40)56(4,5)6)50-34-38(58(10,11)12)33-49(60)52(50)59/h13-34H,1-12H3. The number of para-hydroxylation sites is 2. The second kappa shape index (κ2) is 12.8. The summed E-state index contributed by atoms with van der Waals surface area (Å²) in [4.78, 5) is 5.23. The Hall–Kier alpha value is -6.00. The van der Waals surface area contributed by atoms with Gasteiger partial charge < -0.3 is 14.2 Å². The summed E-state index contributed by atoms with van der Waals surface area (Å²) < 4.78 is 2.54. The van der Waals surface area contributed by atoms with Gasteiger partial charge in [0.15, 0.2) is 0 Å². The van der Waals surface area contributed by atoms with Gasteiger partial charge in [-0.2, -0.15) is 0 Å². The normalized spacial score (nSPS) is 14.4. The predicted octanol–water partition coefficient (Wildman–Crippen LogP) is 14.1. The Balaban J connectivity index is 1.31. The van der Waals surface area contributed by atoms with E-state index in [9.17, 15) is 0 Å². The van der Waals surface area contributed by atoms with Crippen LogP contribution in [0.25, 0.3) is 38.1 Å². The van der Waals surface area contributed by atoms with Gasteiger partial charge in [-0.3, -0.25) is 0 Å². The number of benzene rings is 7. The molecule has 0 N–H and O–H groups in total. The van der Waals surface area contributed by atoms with Gasteiger partial charge in [-0.05, 0) is 115 Å². The molecular weight excluding hydrogens is 749 g/mol. The fourth-order valence-electron chi connectivity index (χ4n) is 10.7. The number of rotatable bonds is 2. The van der Waals surface area contributed by atoms with E-state index in [-0.39, 0.29) is 28.4 Å². The predicted molar refractivity (Wildman–Crippen MR) is 270 cm³/mol. The highest BCUT2D eigenvalue weighted by atomic mass is 15.2. The van der Waals surface area contributed by atoms with Crippen molar-refractivity contribution in [1.82, 2.24) is 4.40 Å². The first-order chi connectivity index (χ1) is 29.3. The van der Waals surface area contributed by atoms with Crippen LogP contribution in [0.1, 0.15) is 105 Å². The molecule has 0 spiro atoms. The molecule has 4 heterocycles. The van der Waals surface area contributed by atoms with Crippen LogP contribution in [0.3, 0.4) is 0 Å². The fraction of sp³-hybridized carbons (Fsp3) is 0.276. The number of anilines is 6. The Bertz CT molecular complexity index is 3270. The average Bonchev–Trinajstić information content (AvgIpc) is 3.75. The lowest BCUT2D eigenvalue weighted by molar-refractivity contribution is 0.589. The Morgan fingerprint density at radius 3 is 1.53 bits per heavy atom. The summed E-state index contributed by atoms with van der Waals surface area (Å²) in [6.45, 7) is 28.0. The molecule has 11 rings (SSSR count). The van der Waals surface area contributed by atoms with Crippen molar-refractivity contribution < 1.29 is 0 Å². The van der Waals surface area contributed by atoms with Gasteiger partial charge in [-0.15, -0.1) is 0 Å². The first-order valence-electron chi connectivity index (χ1n) is 22.6. The van der Waals surface area contributed by atoms with E-state index in [0.717, 1.165) is 0 Å². The summed E-state index contributed by atoms with van der Waals surface area (Å²) in [5, 5.41) is 5.23. The van der Waals surface area contributed by atoms with Gasteiger partial charge in [0.1, 0.15) is 0 Å². The van der Waals surface area contributed by atoms with Gasteiger partial charge in [0.05, 0.1) is 22.2 Å². The minimum Gasteiger partial charge on any atom is -0.311 e. The molecule has 0 bridgehead atoms. The summed E-state index contributed by atoms with van der Waals surface area (Å²) in [5.41, 5.74) is 20.6. The van der Waals surface area contributed by atoms with E-state index in [0.29, 0.717) is 0 Å². The lowest BCUT2D eigenvalue weighted by Gasteiger charge is -2.45. The third kappa shape index (κ3) is 5.57. The van der Waals surface area contributed by atoms with Gasteiger partial charge in [0.2, 0.25) is 0 Å². The van der Waals surface area contributed by atoms with E-state index in [2.05, 4.69) is 231 Å². The maximum absolute atomic E-state index is 2.65. The summed E-state index contributed by atoms with van der Waals surface area (Å²) in [6, 6.07) is 52.0. The molecule has 0 radical (unpaired) electrons. The number of aromatic nitrogens is 1. The van der Waals surface area contributed by atoms with Gasteiger partial charge in [0.25, 0.3) is 6.71 Å². The van der Waals surface area contributed by atoms with Crippen LogP contribution in [-0.2, 0) is 21.7 Å². The van der Waals surface area contributed by atoms with Crippen molar-refractivity contribution in [2.24, 2.45) is 0 Å². The van der Waals surface area contributed by atoms with Crippen LogP contribution in [0.15, 0.2) is 133 Å². The second-order valence-corrected chi connectivity index (χ2v) is 22.4. The fourth-order valence-corrected chi connectivity index (χ4v) is 10.7. The van der Waals surface area contributed by atoms with E-state index >= 15 is 0 Å². The molecule has 308 valence electrons. The Morgan fingerprint density at radius 2 is 0.919 bits per heavy atom. The smallest absolute Gasteiger partial charge is 0.252 e. The highest BCUT2D eigenvalue weighted by molar-refractivity contribution is 7.00. The lowest BCUT2D eigenvalue weighted by Crippen LogP contribution is -2.61. The largest absolute Gasteiger partial charge is 0.311 e. The second-order valence-electron chi connectivity index (χ2n) is 22.4. The van der Waals surface area contributed by atoms with E-state index < -0.39 is 0 Å². The molecule has 0 unspecified atom stereocenters. The molecule has 9 aromatic rings. The van der Waals surface area contributed by atoms with Crippen LogP contribution in [0.2, 0.25) is 0 Å². The van der Waals surface area contributed by atoms with Crippen LogP contribution < -0.4 is 26.2 Å². The molecule has 0 saturated heterocycles. The molecule has 0 amide bonds. The highest BCUT2D eigenvalue weighted by Gasteiger charge is 2.45. The Morgan fingerprint density at radius 1 is 0.387 bits per heavy atom. The maximum Gasteiger partial charge on any atom is 0.252 e. The molecule has 2 aliphatic heterocycles. The minimum absolute atomic E-state index is 0.0118. The van der Waals surface area contributed by atoms with Gasteiger partial charge in [-0.1, -0.05) is 162 Å². The van der Waals surface area contributed by atoms with Crippen LogP contribution in [0, 0.1) is 0 Å². The summed E-state index contributed by atoms with van der Waals surface area (Å²) in [5.74, 6) is 0. The van der Waals surface area contributed by atoms with Gasteiger partial charge in [0, 0.05) is 50.0 Å². The molecule has 3 nitrogen and oxygen atoms in total. The zero-order valence-corrected chi connectivity index (χ0v) is 38.6. The highest BCUT2D eigenvalue weighted by Crippen LogP contribution is 2.51. The van der Waals surface area contributed by atoms with Crippen molar-refractivity contribution in [1.29, 1.82) is 0 Å². The van der Waals surface area contributed by atoms with Crippen LogP contribution in [0.4, 0.5) is 34.1 Å². The zero-order valence-electron chi connectivity index (χ0n) is 38.6. The molecular formula is C58H58BN3. The van der Waals surface area contributed by atoms with Crippen molar-refractivity contribution in [3.63, 3.8) is 0 Å². The number of hydrogen-bond donors (Lipinski definition) is 0. The SMILES string of the molecule is CC(C)(C)c1ccc(N2c3ccc(C(C)(C)C)cc3B3c4ccc5c(c4N(c4ccc(C(C)(C)C)cc4)c4cc(C(C)(C)C)cc2c43)c2cccc3c4ccccc4n5c32)cc1. The zero-order chi connectivity index (χ0) is 43.4. The summed E-state index contributed by atoms with van der Waals surface area (Å²) in [7, 11) is 0. The Kier molecular flexibility index (Phi) is 8.02. The number of hydrogen-bond acceptors (Lipinski definition) is 2. The first-order valence-corrected chi connectivity index (χ1v) is 22.6. The van der Waals surface area contributed by atoms with Crippen molar-refractivity contribution in [3.05, 3.63) is 156 Å². The summed E-state index contributed by atoms with van der Waals surface area (Å²) >= 11 is 0. The van der Waals surface area contributed by atoms with Gasteiger partial charge >= 0.3 is 0 Å². The molecule has 7 aromatic carbocycles. The van der Waals surface area contributed by atoms with Crippen LogP contribution >= 0.6 is 0 Å². The number of fused-ring (bicyclic) bond motifs is 11. The quantitative estimate of drug-likeness (QED) is 0.161. The topological polar surface area (TPSA) is 10.9 Å². The first kappa shape index (κ1) is 38.9. The van der Waals surface area contributed by atoms with E-state index in [1.807, 2.05) is 0 Å². The molecule has 0 fully saturated rings. The summed E-state index contributed by atoms with van der Waals surface area (Å²) in [6.07, 6.45) is 0. The van der Waals surface area contributed by atoms with Crippen molar-refractivity contribution in [2.75, 3.05) is 9.80 Å². The number of nitrogens with zero attached hydrogens (tertiary/aromatic N) is 3. The molecule has 4 heteroatoms. The van der Waals surface area contributed by atoms with Crippen molar-refractivity contribution in [2.45, 2.75) is 105 Å². The van der Waals surface area contributed by atoms with E-state index in [4.69, 9.17) is 0 Å².